The number of furan rings is 1. The standard InChI is InChI=1S/C25H29N3O3/c1-19-5-3-6-20(17-19)25(29)26-18-23(24-7-4-16-31-24)28-14-12-27(13-15-28)21-8-10-22(30-2)11-9-21/h3-11,16-17,23H,12-15,18H2,1-2H3,(H,26,29)/p+1/t23-/m0/s1. The van der Waals surface area contributed by atoms with E-state index >= 15 is 0 Å². The molecule has 2 N–H and O–H groups in total. The molecule has 1 amide bonds. The van der Waals surface area contributed by atoms with E-state index in [0.717, 1.165) is 43.3 Å². The molecule has 0 radical (unpaired) electrons. The number of rotatable bonds is 7. The highest BCUT2D eigenvalue weighted by molar-refractivity contribution is 5.94. The molecule has 2 heterocycles. The zero-order chi connectivity index (χ0) is 21.6. The summed E-state index contributed by atoms with van der Waals surface area (Å²) in [6.45, 7) is 6.37. The van der Waals surface area contributed by atoms with E-state index in [-0.39, 0.29) is 11.9 Å². The molecule has 6 nitrogen and oxygen atoms in total. The summed E-state index contributed by atoms with van der Waals surface area (Å²) >= 11 is 0. The Morgan fingerprint density at radius 1 is 1.13 bits per heavy atom. The number of nitrogens with one attached hydrogen (secondary N) is 2. The third-order valence-corrected chi connectivity index (χ3v) is 5.97. The van der Waals surface area contributed by atoms with Crippen LogP contribution in [0, 0.1) is 6.92 Å². The van der Waals surface area contributed by atoms with Gasteiger partial charge in [0.05, 0.1) is 46.1 Å². The number of nitrogens with zero attached hydrogens (tertiary/aromatic N) is 1. The zero-order valence-electron chi connectivity index (χ0n) is 18.1. The van der Waals surface area contributed by atoms with Crippen LogP contribution in [0.5, 0.6) is 5.75 Å². The number of methoxy groups -OCH3 is 1. The van der Waals surface area contributed by atoms with Gasteiger partial charge in [-0.05, 0) is 55.5 Å². The molecule has 1 aliphatic rings. The van der Waals surface area contributed by atoms with Gasteiger partial charge in [0, 0.05) is 11.3 Å². The van der Waals surface area contributed by atoms with Crippen LogP contribution in [0.15, 0.2) is 71.3 Å². The van der Waals surface area contributed by atoms with Gasteiger partial charge in [-0.15, -0.1) is 0 Å². The first-order valence-corrected chi connectivity index (χ1v) is 10.8. The number of piperazine rings is 1. The van der Waals surface area contributed by atoms with Crippen molar-refractivity contribution >= 4 is 11.6 Å². The Bertz CT molecular complexity index is 978. The normalized spacial score (nSPS) is 15.5. The minimum absolute atomic E-state index is 0.0449. The number of anilines is 1. The quantitative estimate of drug-likeness (QED) is 0.617. The molecule has 1 aromatic heterocycles. The molecular weight excluding hydrogens is 390 g/mol. The highest BCUT2D eigenvalue weighted by Gasteiger charge is 2.31. The van der Waals surface area contributed by atoms with Crippen molar-refractivity contribution in [1.29, 1.82) is 0 Å². The molecule has 0 bridgehead atoms. The van der Waals surface area contributed by atoms with Crippen LogP contribution in [0.25, 0.3) is 0 Å². The van der Waals surface area contributed by atoms with E-state index in [1.54, 1.807) is 13.4 Å². The lowest BCUT2D eigenvalue weighted by Gasteiger charge is -2.37. The Morgan fingerprint density at radius 2 is 1.90 bits per heavy atom. The maximum Gasteiger partial charge on any atom is 0.251 e. The van der Waals surface area contributed by atoms with Crippen LogP contribution >= 0.6 is 0 Å². The molecular formula is C25H30N3O3+. The molecule has 1 aliphatic heterocycles. The van der Waals surface area contributed by atoms with Gasteiger partial charge in [-0.2, -0.15) is 0 Å². The molecule has 0 aliphatic carbocycles. The fraction of sp³-hybridized carbons (Fsp3) is 0.320. The van der Waals surface area contributed by atoms with E-state index < -0.39 is 0 Å². The summed E-state index contributed by atoms with van der Waals surface area (Å²) in [5.41, 5.74) is 2.98. The first-order chi connectivity index (χ1) is 15.1. The van der Waals surface area contributed by atoms with Crippen molar-refractivity contribution in [3.8, 4) is 5.75 Å². The maximum absolute atomic E-state index is 12.7. The Morgan fingerprint density at radius 3 is 2.55 bits per heavy atom. The van der Waals surface area contributed by atoms with Crippen molar-refractivity contribution in [2.75, 3.05) is 44.7 Å². The van der Waals surface area contributed by atoms with Gasteiger partial charge in [0.15, 0.2) is 11.8 Å². The van der Waals surface area contributed by atoms with E-state index in [1.165, 1.54) is 10.6 Å². The highest BCUT2D eigenvalue weighted by Crippen LogP contribution is 2.19. The smallest absolute Gasteiger partial charge is 0.251 e. The summed E-state index contributed by atoms with van der Waals surface area (Å²) in [6, 6.07) is 19.9. The lowest BCUT2D eigenvalue weighted by molar-refractivity contribution is -0.932. The molecule has 0 spiro atoms. The summed E-state index contributed by atoms with van der Waals surface area (Å²) in [4.78, 5) is 16.5. The summed E-state index contributed by atoms with van der Waals surface area (Å²) in [6.07, 6.45) is 1.71. The first kappa shape index (κ1) is 21.0. The third kappa shape index (κ3) is 5.09. The molecule has 31 heavy (non-hydrogen) atoms. The highest BCUT2D eigenvalue weighted by atomic mass is 16.5. The zero-order valence-corrected chi connectivity index (χ0v) is 18.1. The van der Waals surface area contributed by atoms with Crippen LogP contribution in [0.1, 0.15) is 27.7 Å². The molecule has 1 fully saturated rings. The third-order valence-electron chi connectivity index (χ3n) is 5.97. The summed E-state index contributed by atoms with van der Waals surface area (Å²) in [7, 11) is 1.68. The van der Waals surface area contributed by atoms with E-state index in [9.17, 15) is 4.79 Å². The molecule has 2 aromatic carbocycles. The molecule has 4 rings (SSSR count). The molecule has 6 heteroatoms. The number of hydrogen-bond donors (Lipinski definition) is 2. The number of aryl methyl sites for hydroxylation is 1. The topological polar surface area (TPSA) is 59.1 Å². The van der Waals surface area contributed by atoms with Gasteiger partial charge in [0.2, 0.25) is 0 Å². The summed E-state index contributed by atoms with van der Waals surface area (Å²) in [5, 5.41) is 3.12. The van der Waals surface area contributed by atoms with Crippen LogP contribution in [-0.2, 0) is 0 Å². The second kappa shape index (κ2) is 9.71. The van der Waals surface area contributed by atoms with E-state index in [1.807, 2.05) is 55.5 Å². The number of benzene rings is 2. The molecule has 0 saturated carbocycles. The summed E-state index contributed by atoms with van der Waals surface area (Å²) in [5.74, 6) is 1.74. The number of hydrogen-bond acceptors (Lipinski definition) is 4. The monoisotopic (exact) mass is 420 g/mol. The van der Waals surface area contributed by atoms with Gasteiger partial charge in [0.25, 0.3) is 5.91 Å². The second-order valence-corrected chi connectivity index (χ2v) is 7.99. The van der Waals surface area contributed by atoms with Gasteiger partial charge in [-0.25, -0.2) is 0 Å². The Labute approximate surface area is 183 Å². The van der Waals surface area contributed by atoms with Crippen LogP contribution < -0.4 is 19.9 Å². The van der Waals surface area contributed by atoms with Crippen molar-refractivity contribution in [3.63, 3.8) is 0 Å². The van der Waals surface area contributed by atoms with Crippen LogP contribution in [0.2, 0.25) is 0 Å². The fourth-order valence-electron chi connectivity index (χ4n) is 4.21. The van der Waals surface area contributed by atoms with Crippen LogP contribution in [0.4, 0.5) is 5.69 Å². The van der Waals surface area contributed by atoms with Gasteiger partial charge >= 0.3 is 0 Å². The van der Waals surface area contributed by atoms with Crippen molar-refractivity contribution in [2.45, 2.75) is 13.0 Å². The molecule has 3 aromatic rings. The Hall–Kier alpha value is -3.25. The molecule has 162 valence electrons. The van der Waals surface area contributed by atoms with Crippen molar-refractivity contribution < 1.29 is 18.8 Å². The van der Waals surface area contributed by atoms with Gasteiger partial charge < -0.3 is 24.3 Å². The lowest BCUT2D eigenvalue weighted by Crippen LogP contribution is -3.15. The SMILES string of the molecule is COc1ccc(N2CC[NH+]([C@@H](CNC(=O)c3cccc(C)c3)c3ccco3)CC2)cc1. The van der Waals surface area contributed by atoms with E-state index in [2.05, 4.69) is 22.3 Å². The fourth-order valence-corrected chi connectivity index (χ4v) is 4.21. The van der Waals surface area contributed by atoms with Crippen molar-refractivity contribution in [3.05, 3.63) is 83.8 Å². The number of amides is 1. The largest absolute Gasteiger partial charge is 0.497 e. The molecule has 0 unspecified atom stereocenters. The first-order valence-electron chi connectivity index (χ1n) is 10.8. The minimum Gasteiger partial charge on any atom is -0.497 e. The summed E-state index contributed by atoms with van der Waals surface area (Å²) < 4.78 is 11.0. The Balaban J connectivity index is 1.40. The molecule has 1 saturated heterocycles. The second-order valence-electron chi connectivity index (χ2n) is 7.99. The van der Waals surface area contributed by atoms with E-state index in [0.29, 0.717) is 12.1 Å². The van der Waals surface area contributed by atoms with Crippen LogP contribution in [-0.4, -0.2) is 45.7 Å². The average Bonchev–Trinajstić information content (AvgIpc) is 3.34. The molecule has 1 atom stereocenters. The van der Waals surface area contributed by atoms with Gasteiger partial charge in [-0.1, -0.05) is 17.7 Å². The lowest BCUT2D eigenvalue weighted by atomic mass is 10.1. The minimum atomic E-state index is -0.0449. The predicted octanol–water partition coefficient (Wildman–Crippen LogP) is 2.47. The van der Waals surface area contributed by atoms with Gasteiger partial charge in [0.1, 0.15) is 5.75 Å². The maximum atomic E-state index is 12.7. The van der Waals surface area contributed by atoms with Crippen LogP contribution in [0.3, 0.4) is 0 Å². The van der Waals surface area contributed by atoms with Gasteiger partial charge in [-0.3, -0.25) is 4.79 Å². The van der Waals surface area contributed by atoms with E-state index in [4.69, 9.17) is 9.15 Å². The predicted molar refractivity (Wildman–Crippen MR) is 121 cm³/mol. The number of quaternary nitrogens is 1. The van der Waals surface area contributed by atoms with Crippen molar-refractivity contribution in [2.24, 2.45) is 0 Å². The average molecular weight is 421 g/mol. The van der Waals surface area contributed by atoms with Crippen molar-refractivity contribution in [1.82, 2.24) is 5.32 Å². The number of ether oxygens (including phenoxy) is 1. The number of carbonyl (C=O) groups excluding carboxylic acids is 1. The Kier molecular flexibility index (Phi) is 6.57. The number of carbonyl (C=O) groups is 1.